The van der Waals surface area contributed by atoms with Crippen LogP contribution >= 0.6 is 0 Å². The van der Waals surface area contributed by atoms with E-state index in [9.17, 15) is 0 Å². The van der Waals surface area contributed by atoms with Crippen molar-refractivity contribution >= 4 is 5.95 Å². The Hall–Kier alpha value is -1.20. The third kappa shape index (κ3) is 2.64. The van der Waals surface area contributed by atoms with Crippen LogP contribution in [0.5, 0.6) is 0 Å². The molecular formula is C8H13N3O2. The highest BCUT2D eigenvalue weighted by Gasteiger charge is 2.22. The van der Waals surface area contributed by atoms with Crippen LogP contribution < -0.4 is 5.32 Å². The summed E-state index contributed by atoms with van der Waals surface area (Å²) < 4.78 is 0. The lowest BCUT2D eigenvalue weighted by molar-refractivity contribution is 0.147. The Labute approximate surface area is 76.5 Å². The Bertz CT molecular complexity index is 249. The Morgan fingerprint density at radius 2 is 1.85 bits per heavy atom. The van der Waals surface area contributed by atoms with Crippen LogP contribution in [0, 0.1) is 0 Å². The maximum Gasteiger partial charge on any atom is 0.223 e. The molecule has 1 aromatic rings. The summed E-state index contributed by atoms with van der Waals surface area (Å²) in [5.74, 6) is 0.396. The van der Waals surface area contributed by atoms with Gasteiger partial charge in [-0.05, 0) is 13.0 Å². The minimum Gasteiger partial charge on any atom is -0.394 e. The van der Waals surface area contributed by atoms with Crippen molar-refractivity contribution in [3.05, 3.63) is 18.5 Å². The lowest BCUT2D eigenvalue weighted by Gasteiger charge is -2.25. The number of hydrogen-bond acceptors (Lipinski definition) is 5. The summed E-state index contributed by atoms with van der Waals surface area (Å²) >= 11 is 0. The minimum atomic E-state index is -0.776. The first-order valence-electron chi connectivity index (χ1n) is 3.97. The van der Waals surface area contributed by atoms with Crippen LogP contribution in [0.4, 0.5) is 5.95 Å². The van der Waals surface area contributed by atoms with E-state index in [0.717, 1.165) is 0 Å². The predicted molar refractivity (Wildman–Crippen MR) is 48.2 cm³/mol. The molecule has 72 valence electrons. The number of hydrogen-bond donors (Lipinski definition) is 3. The molecule has 0 radical (unpaired) electrons. The van der Waals surface area contributed by atoms with Crippen LogP contribution in [-0.4, -0.2) is 38.9 Å². The number of rotatable bonds is 4. The molecular weight excluding hydrogens is 170 g/mol. The molecule has 0 amide bonds. The van der Waals surface area contributed by atoms with Gasteiger partial charge in [0.1, 0.15) is 0 Å². The van der Waals surface area contributed by atoms with Crippen LogP contribution in [0.1, 0.15) is 6.92 Å². The highest BCUT2D eigenvalue weighted by Crippen LogP contribution is 2.08. The van der Waals surface area contributed by atoms with E-state index in [0.29, 0.717) is 5.95 Å². The maximum atomic E-state index is 8.97. The van der Waals surface area contributed by atoms with Gasteiger partial charge in [0.15, 0.2) is 0 Å². The van der Waals surface area contributed by atoms with Gasteiger partial charge in [-0.25, -0.2) is 9.97 Å². The lowest BCUT2D eigenvalue weighted by atomic mass is 10.1. The Kier molecular flexibility index (Phi) is 3.16. The second kappa shape index (κ2) is 4.15. The Balaban J connectivity index is 2.68. The molecule has 0 aromatic carbocycles. The highest BCUT2D eigenvalue weighted by molar-refractivity contribution is 5.27. The number of anilines is 1. The summed E-state index contributed by atoms with van der Waals surface area (Å²) in [6, 6.07) is 1.69. The van der Waals surface area contributed by atoms with E-state index in [1.807, 2.05) is 0 Å². The van der Waals surface area contributed by atoms with Crippen molar-refractivity contribution < 1.29 is 10.2 Å². The van der Waals surface area contributed by atoms with Crippen LogP contribution in [0.15, 0.2) is 18.5 Å². The predicted octanol–water partition coefficient (Wildman–Crippen LogP) is -0.368. The zero-order valence-electron chi connectivity index (χ0n) is 7.44. The minimum absolute atomic E-state index is 0.179. The summed E-state index contributed by atoms with van der Waals surface area (Å²) in [6.45, 7) is 1.33. The van der Waals surface area contributed by atoms with Gasteiger partial charge in [-0.3, -0.25) is 0 Å². The second-order valence-electron chi connectivity index (χ2n) is 3.07. The van der Waals surface area contributed by atoms with Crippen molar-refractivity contribution in [2.45, 2.75) is 12.5 Å². The zero-order valence-corrected chi connectivity index (χ0v) is 7.44. The normalized spacial score (nSPS) is 11.3. The molecule has 0 saturated carbocycles. The van der Waals surface area contributed by atoms with E-state index >= 15 is 0 Å². The monoisotopic (exact) mass is 183 g/mol. The first-order valence-corrected chi connectivity index (χ1v) is 3.97. The van der Waals surface area contributed by atoms with Crippen molar-refractivity contribution in [1.82, 2.24) is 9.97 Å². The molecule has 0 saturated heterocycles. The number of nitrogens with zero attached hydrogens (tertiary/aromatic N) is 2. The van der Waals surface area contributed by atoms with Crippen LogP contribution in [0.2, 0.25) is 0 Å². The molecule has 5 heteroatoms. The first-order chi connectivity index (χ1) is 6.20. The summed E-state index contributed by atoms with van der Waals surface area (Å²) in [5.41, 5.74) is -0.776. The fourth-order valence-electron chi connectivity index (χ4n) is 0.763. The van der Waals surface area contributed by atoms with E-state index < -0.39 is 5.54 Å². The molecule has 0 aliphatic rings. The van der Waals surface area contributed by atoms with Gasteiger partial charge in [-0.1, -0.05) is 0 Å². The molecule has 1 aromatic heterocycles. The molecule has 0 unspecified atom stereocenters. The number of aliphatic hydroxyl groups excluding tert-OH is 2. The quantitative estimate of drug-likeness (QED) is 0.593. The Morgan fingerprint density at radius 3 is 2.31 bits per heavy atom. The molecule has 0 aliphatic carbocycles. The average Bonchev–Trinajstić information content (AvgIpc) is 2.19. The van der Waals surface area contributed by atoms with Gasteiger partial charge >= 0.3 is 0 Å². The summed E-state index contributed by atoms with van der Waals surface area (Å²) in [7, 11) is 0. The molecule has 0 spiro atoms. The van der Waals surface area contributed by atoms with Gasteiger partial charge in [0.25, 0.3) is 0 Å². The lowest BCUT2D eigenvalue weighted by Crippen LogP contribution is -2.43. The van der Waals surface area contributed by atoms with E-state index in [1.165, 1.54) is 0 Å². The van der Waals surface area contributed by atoms with Crippen molar-refractivity contribution in [1.29, 1.82) is 0 Å². The summed E-state index contributed by atoms with van der Waals surface area (Å²) in [5, 5.41) is 20.8. The smallest absolute Gasteiger partial charge is 0.223 e. The van der Waals surface area contributed by atoms with Gasteiger partial charge in [0, 0.05) is 12.4 Å². The third-order valence-corrected chi connectivity index (χ3v) is 1.68. The fourth-order valence-corrected chi connectivity index (χ4v) is 0.763. The van der Waals surface area contributed by atoms with Crippen LogP contribution in [-0.2, 0) is 0 Å². The zero-order chi connectivity index (χ0) is 9.73. The molecule has 0 atom stereocenters. The molecule has 13 heavy (non-hydrogen) atoms. The third-order valence-electron chi connectivity index (χ3n) is 1.68. The van der Waals surface area contributed by atoms with Gasteiger partial charge in [0.05, 0.1) is 18.8 Å². The summed E-state index contributed by atoms with van der Waals surface area (Å²) in [6.07, 6.45) is 3.18. The van der Waals surface area contributed by atoms with E-state index in [4.69, 9.17) is 10.2 Å². The molecule has 5 nitrogen and oxygen atoms in total. The summed E-state index contributed by atoms with van der Waals surface area (Å²) in [4.78, 5) is 7.83. The number of aliphatic hydroxyl groups is 2. The van der Waals surface area contributed by atoms with Crippen molar-refractivity contribution in [3.8, 4) is 0 Å². The second-order valence-corrected chi connectivity index (χ2v) is 3.07. The standard InChI is InChI=1S/C8H13N3O2/c1-8(5-12,6-13)11-7-9-3-2-4-10-7/h2-4,12-13H,5-6H2,1H3,(H,9,10,11). The molecule has 1 heterocycles. The van der Waals surface area contributed by atoms with Gasteiger partial charge in [-0.15, -0.1) is 0 Å². The van der Waals surface area contributed by atoms with Crippen LogP contribution in [0.25, 0.3) is 0 Å². The van der Waals surface area contributed by atoms with E-state index in [2.05, 4.69) is 15.3 Å². The average molecular weight is 183 g/mol. The van der Waals surface area contributed by atoms with E-state index in [-0.39, 0.29) is 13.2 Å². The molecule has 0 bridgehead atoms. The number of nitrogens with one attached hydrogen (secondary N) is 1. The molecule has 3 N–H and O–H groups in total. The Morgan fingerprint density at radius 1 is 1.31 bits per heavy atom. The SMILES string of the molecule is CC(CO)(CO)Nc1ncccn1. The molecule has 1 rings (SSSR count). The fraction of sp³-hybridized carbons (Fsp3) is 0.500. The molecule has 0 aliphatic heterocycles. The van der Waals surface area contributed by atoms with Gasteiger partial charge < -0.3 is 15.5 Å². The number of aromatic nitrogens is 2. The first kappa shape index (κ1) is 9.88. The van der Waals surface area contributed by atoms with Crippen molar-refractivity contribution in [2.24, 2.45) is 0 Å². The largest absolute Gasteiger partial charge is 0.394 e. The van der Waals surface area contributed by atoms with Crippen molar-refractivity contribution in [3.63, 3.8) is 0 Å². The van der Waals surface area contributed by atoms with Gasteiger partial charge in [0.2, 0.25) is 5.95 Å². The van der Waals surface area contributed by atoms with E-state index in [1.54, 1.807) is 25.4 Å². The molecule has 0 fully saturated rings. The topological polar surface area (TPSA) is 78.3 Å². The van der Waals surface area contributed by atoms with Crippen molar-refractivity contribution in [2.75, 3.05) is 18.5 Å². The van der Waals surface area contributed by atoms with Crippen LogP contribution in [0.3, 0.4) is 0 Å². The highest BCUT2D eigenvalue weighted by atomic mass is 16.3. The van der Waals surface area contributed by atoms with Gasteiger partial charge in [-0.2, -0.15) is 0 Å². The maximum absolute atomic E-state index is 8.97.